The predicted octanol–water partition coefficient (Wildman–Crippen LogP) is 7.74. The van der Waals surface area contributed by atoms with Gasteiger partial charge in [-0.1, -0.05) is 33.8 Å². The molecule has 0 aliphatic heterocycles. The summed E-state index contributed by atoms with van der Waals surface area (Å²) in [7, 11) is 1.75. The molecule has 2 rings (SSSR count). The van der Waals surface area contributed by atoms with Crippen LogP contribution >= 0.6 is 12.8 Å². The van der Waals surface area contributed by atoms with Crippen molar-refractivity contribution in [3.05, 3.63) is 59.7 Å². The first-order valence-electron chi connectivity index (χ1n) is 10.6. The van der Waals surface area contributed by atoms with Gasteiger partial charge in [0.15, 0.2) is 0 Å². The quantitative estimate of drug-likeness (QED) is 0.212. The summed E-state index contributed by atoms with van der Waals surface area (Å²) < 4.78 is 40.1. The van der Waals surface area contributed by atoms with Gasteiger partial charge in [-0.15, -0.1) is 0 Å². The average molecular weight is 467 g/mol. The Morgan fingerprint density at radius 2 is 1.78 bits per heavy atom. The molecule has 1 atom stereocenters. The number of benzene rings is 2. The second kappa shape index (κ2) is 13.2. The second-order valence-electron chi connectivity index (χ2n) is 6.80. The van der Waals surface area contributed by atoms with Gasteiger partial charge in [-0.2, -0.15) is 13.2 Å². The Labute approximate surface area is 195 Å². The van der Waals surface area contributed by atoms with Crippen molar-refractivity contribution in [2.45, 2.75) is 47.2 Å². The van der Waals surface area contributed by atoms with E-state index in [2.05, 4.69) is 42.4 Å². The lowest BCUT2D eigenvalue weighted by atomic mass is 10.1. The lowest BCUT2D eigenvalue weighted by Crippen LogP contribution is -2.24. The largest absolute Gasteiger partial charge is 0.416 e. The van der Waals surface area contributed by atoms with Crippen LogP contribution in [0.4, 0.5) is 30.2 Å². The molecule has 0 amide bonds. The zero-order valence-corrected chi connectivity index (χ0v) is 20.4. The molecule has 0 heterocycles. The van der Waals surface area contributed by atoms with Crippen molar-refractivity contribution in [3.63, 3.8) is 0 Å². The van der Waals surface area contributed by atoms with Crippen LogP contribution in [0.2, 0.25) is 0 Å². The molecular formula is C24H33F3N4S. The zero-order valence-electron chi connectivity index (χ0n) is 19.5. The van der Waals surface area contributed by atoms with Gasteiger partial charge in [0.25, 0.3) is 0 Å². The van der Waals surface area contributed by atoms with Gasteiger partial charge in [0, 0.05) is 30.2 Å². The Morgan fingerprint density at radius 1 is 1.16 bits per heavy atom. The van der Waals surface area contributed by atoms with Crippen molar-refractivity contribution >= 4 is 41.8 Å². The second-order valence-corrected chi connectivity index (χ2v) is 7.20. The van der Waals surface area contributed by atoms with Crippen molar-refractivity contribution in [1.82, 2.24) is 5.43 Å². The fraction of sp³-hybridized carbons (Fsp3) is 0.375. The highest BCUT2D eigenvalue weighted by molar-refractivity contribution is 7.81. The Morgan fingerprint density at radius 3 is 2.28 bits per heavy atom. The molecule has 2 N–H and O–H groups in total. The lowest BCUT2D eigenvalue weighted by Gasteiger charge is -2.20. The third-order valence-corrected chi connectivity index (χ3v) is 5.04. The van der Waals surface area contributed by atoms with E-state index < -0.39 is 11.7 Å². The molecule has 0 aromatic heterocycles. The molecule has 2 aromatic rings. The topological polar surface area (TPSA) is 39.7 Å². The predicted molar refractivity (Wildman–Crippen MR) is 135 cm³/mol. The number of allylic oxidation sites excluding steroid dienone is 1. The molecule has 0 bridgehead atoms. The molecule has 4 nitrogen and oxygen atoms in total. The molecule has 0 aliphatic carbocycles. The van der Waals surface area contributed by atoms with Gasteiger partial charge in [-0.3, -0.25) is 9.41 Å². The van der Waals surface area contributed by atoms with Crippen LogP contribution in [0.15, 0.2) is 53.5 Å². The third-order valence-electron chi connectivity index (χ3n) is 4.61. The molecule has 0 aliphatic rings. The van der Waals surface area contributed by atoms with Crippen molar-refractivity contribution in [1.29, 1.82) is 0 Å². The maximum atomic E-state index is 12.8. The first-order valence-corrected chi connectivity index (χ1v) is 11.0. The molecule has 2 aromatic carbocycles. The molecule has 0 spiro atoms. The van der Waals surface area contributed by atoms with E-state index in [0.717, 1.165) is 41.2 Å². The summed E-state index contributed by atoms with van der Waals surface area (Å²) in [6, 6.07) is 10.6. The highest BCUT2D eigenvalue weighted by Crippen LogP contribution is 2.34. The zero-order chi connectivity index (χ0) is 24.3. The van der Waals surface area contributed by atoms with Crippen LogP contribution in [0.25, 0.3) is 5.70 Å². The van der Waals surface area contributed by atoms with E-state index in [1.807, 2.05) is 51.3 Å². The molecule has 1 unspecified atom stereocenters. The van der Waals surface area contributed by atoms with Crippen LogP contribution in [-0.2, 0) is 6.18 Å². The number of hydrazine groups is 1. The maximum absolute atomic E-state index is 12.8. The number of nitrogens with zero attached hydrogens (tertiary/aromatic N) is 2. The number of hydrogen-bond donors (Lipinski definition) is 3. The summed E-state index contributed by atoms with van der Waals surface area (Å²) in [5, 5.41) is 3.21. The summed E-state index contributed by atoms with van der Waals surface area (Å²) in [4.78, 5) is 4.64. The van der Waals surface area contributed by atoms with Crippen molar-refractivity contribution < 1.29 is 13.2 Å². The SMILES string of the molecule is C/C=C(\N=CC(C)CC)c1cc(N(S)NC)ccc1Nc1ccc(C(F)(F)F)cc1.CC. The fourth-order valence-electron chi connectivity index (χ4n) is 2.62. The van der Waals surface area contributed by atoms with Gasteiger partial charge in [-0.05, 0) is 74.5 Å². The number of hydrogen-bond acceptors (Lipinski definition) is 5. The maximum Gasteiger partial charge on any atom is 0.416 e. The smallest absolute Gasteiger partial charge is 0.355 e. The van der Waals surface area contributed by atoms with E-state index in [9.17, 15) is 13.2 Å². The number of aliphatic imine (C=N–C) groups is 1. The van der Waals surface area contributed by atoms with Crippen molar-refractivity contribution in [2.24, 2.45) is 10.9 Å². The molecule has 8 heteroatoms. The molecule has 176 valence electrons. The van der Waals surface area contributed by atoms with Crippen LogP contribution in [0.5, 0.6) is 0 Å². The van der Waals surface area contributed by atoms with E-state index in [1.54, 1.807) is 11.5 Å². The molecule has 0 saturated heterocycles. The Hall–Kier alpha value is -2.45. The minimum absolute atomic E-state index is 0.327. The number of anilines is 3. The van der Waals surface area contributed by atoms with Gasteiger partial charge in [0.05, 0.1) is 16.9 Å². The number of nitrogens with one attached hydrogen (secondary N) is 2. The summed E-state index contributed by atoms with van der Waals surface area (Å²) >= 11 is 4.37. The minimum atomic E-state index is -4.36. The molecule has 0 saturated carbocycles. The Balaban J connectivity index is 0.00000249. The highest BCUT2D eigenvalue weighted by Gasteiger charge is 2.29. The van der Waals surface area contributed by atoms with Crippen LogP contribution in [-0.4, -0.2) is 13.3 Å². The van der Waals surface area contributed by atoms with Crippen molar-refractivity contribution in [3.8, 4) is 0 Å². The van der Waals surface area contributed by atoms with E-state index in [0.29, 0.717) is 11.6 Å². The highest BCUT2D eigenvalue weighted by atomic mass is 32.1. The molecule has 0 radical (unpaired) electrons. The minimum Gasteiger partial charge on any atom is -0.355 e. The Kier molecular flexibility index (Phi) is 11.4. The summed E-state index contributed by atoms with van der Waals surface area (Å²) in [5.41, 5.74) is 5.88. The first kappa shape index (κ1) is 27.6. The summed E-state index contributed by atoms with van der Waals surface area (Å²) in [5.74, 6) is 0.327. The van der Waals surface area contributed by atoms with Gasteiger partial charge < -0.3 is 5.32 Å². The first-order chi connectivity index (χ1) is 15.2. The number of thiol groups is 1. The fourth-order valence-corrected chi connectivity index (χ4v) is 2.75. The monoisotopic (exact) mass is 466 g/mol. The van der Waals surface area contributed by atoms with E-state index in [1.165, 1.54) is 12.1 Å². The van der Waals surface area contributed by atoms with Crippen LogP contribution < -0.4 is 15.2 Å². The van der Waals surface area contributed by atoms with Crippen LogP contribution in [0.1, 0.15) is 52.2 Å². The number of alkyl halides is 3. The average Bonchev–Trinajstić information content (AvgIpc) is 2.80. The molecule has 32 heavy (non-hydrogen) atoms. The molecular weight excluding hydrogens is 433 g/mol. The van der Waals surface area contributed by atoms with Gasteiger partial charge in [0.1, 0.15) is 0 Å². The van der Waals surface area contributed by atoms with E-state index >= 15 is 0 Å². The third kappa shape index (κ3) is 7.91. The number of rotatable bonds is 8. The van der Waals surface area contributed by atoms with Crippen LogP contribution in [0.3, 0.4) is 0 Å². The lowest BCUT2D eigenvalue weighted by molar-refractivity contribution is -0.137. The van der Waals surface area contributed by atoms with Gasteiger partial charge in [0.2, 0.25) is 0 Å². The van der Waals surface area contributed by atoms with Crippen molar-refractivity contribution in [2.75, 3.05) is 16.8 Å². The summed E-state index contributed by atoms with van der Waals surface area (Å²) in [6.07, 6.45) is 0.414. The standard InChI is InChI=1S/C22H27F3N4S.C2H6/c1-5-15(3)14-27-20(6-2)19-13-18(29(30)26-4)11-12-21(19)28-17-9-7-16(8-10-17)22(23,24)25;1-2/h6-15,26,28,30H,5H2,1-4H3;1-2H3/b20-6-,27-14?;. The van der Waals surface area contributed by atoms with Gasteiger partial charge in [-0.25, -0.2) is 5.43 Å². The normalized spacial score (nSPS) is 12.9. The Bertz CT molecular complexity index is 893. The molecule has 0 fully saturated rings. The number of halogens is 3. The summed E-state index contributed by atoms with van der Waals surface area (Å²) in [6.45, 7) is 10.1. The van der Waals surface area contributed by atoms with E-state index in [4.69, 9.17) is 0 Å². The van der Waals surface area contributed by atoms with Gasteiger partial charge >= 0.3 is 6.18 Å². The van der Waals surface area contributed by atoms with Crippen LogP contribution in [0, 0.1) is 5.92 Å². The van der Waals surface area contributed by atoms with E-state index in [-0.39, 0.29) is 0 Å².